The van der Waals surface area contributed by atoms with E-state index in [4.69, 9.17) is 0 Å². The van der Waals surface area contributed by atoms with Gasteiger partial charge in [-0.1, -0.05) is 19.8 Å². The maximum absolute atomic E-state index is 13.5. The molecule has 5 nitrogen and oxygen atoms in total. The van der Waals surface area contributed by atoms with E-state index in [9.17, 15) is 31.5 Å². The molecule has 1 aliphatic carbocycles. The number of alkyl halides is 5. The van der Waals surface area contributed by atoms with Crippen LogP contribution in [0.3, 0.4) is 0 Å². The van der Waals surface area contributed by atoms with Crippen LogP contribution < -0.4 is 10.6 Å². The van der Waals surface area contributed by atoms with Crippen molar-refractivity contribution in [2.45, 2.75) is 70.5 Å². The van der Waals surface area contributed by atoms with E-state index in [1.54, 1.807) is 4.90 Å². The maximum Gasteiger partial charge on any atom is 0.416 e. The van der Waals surface area contributed by atoms with Gasteiger partial charge >= 0.3 is 6.18 Å². The zero-order valence-electron chi connectivity index (χ0n) is 19.7. The molecule has 1 saturated carbocycles. The van der Waals surface area contributed by atoms with Crippen molar-refractivity contribution in [3.05, 3.63) is 34.9 Å². The molecule has 0 bridgehead atoms. The second-order valence-electron chi connectivity index (χ2n) is 9.02. The number of amides is 2. The molecule has 1 saturated heterocycles. The molecule has 1 aliphatic heterocycles. The predicted octanol–water partition coefficient (Wildman–Crippen LogP) is 4.95. The van der Waals surface area contributed by atoms with Crippen LogP contribution in [0.25, 0.3) is 0 Å². The van der Waals surface area contributed by atoms with E-state index in [2.05, 4.69) is 17.6 Å². The van der Waals surface area contributed by atoms with Gasteiger partial charge in [0.1, 0.15) is 0 Å². The average molecular weight is 492 g/mol. The molecule has 0 radical (unpaired) electrons. The van der Waals surface area contributed by atoms with Crippen LogP contribution in [0.5, 0.6) is 0 Å². The lowest BCUT2D eigenvalue weighted by atomic mass is 9.96. The number of benzene rings is 1. The summed E-state index contributed by atoms with van der Waals surface area (Å²) in [4.78, 5) is 24.4. The number of hydrogen-bond donors (Lipinski definition) is 2. The standard InChI is InChI=1S/C17H19F5N2O2.C7H15N/c1-16(18,19)13-6-12(7-14(8-13)17(20,21)22)15(26)23-9-11-2-4-24(10-25)5-3-11;1-2-8-7-5-3-4-6-7/h6-8,10-11H,2-5,9H2,1H3,(H,23,26);7-8H,2-6H2,1H3. The molecule has 2 amide bonds. The van der Waals surface area contributed by atoms with Crippen molar-refractivity contribution in [2.24, 2.45) is 5.92 Å². The summed E-state index contributed by atoms with van der Waals surface area (Å²) in [6.45, 7) is 5.09. The number of rotatable bonds is 7. The fraction of sp³-hybridized carbons (Fsp3) is 0.667. The van der Waals surface area contributed by atoms with E-state index in [-0.39, 0.29) is 12.5 Å². The molecular formula is C24H34F5N3O2. The van der Waals surface area contributed by atoms with Gasteiger partial charge in [-0.25, -0.2) is 8.78 Å². The molecule has 1 aromatic rings. The minimum Gasteiger partial charge on any atom is -0.352 e. The normalized spacial score (nSPS) is 17.8. The summed E-state index contributed by atoms with van der Waals surface area (Å²) in [6, 6.07) is 2.56. The maximum atomic E-state index is 13.5. The fourth-order valence-electron chi connectivity index (χ4n) is 4.20. The Kier molecular flexibility index (Phi) is 10.3. The molecule has 1 heterocycles. The molecule has 2 aliphatic rings. The Morgan fingerprint density at radius 2 is 1.62 bits per heavy atom. The predicted molar refractivity (Wildman–Crippen MR) is 120 cm³/mol. The lowest BCUT2D eigenvalue weighted by Crippen LogP contribution is -2.38. The molecule has 10 heteroatoms. The van der Waals surface area contributed by atoms with Gasteiger partial charge in [0.05, 0.1) is 5.56 Å². The van der Waals surface area contributed by atoms with Gasteiger partial charge in [-0.05, 0) is 56.3 Å². The number of likely N-dealkylation sites (tertiary alicyclic amines) is 1. The molecular weight excluding hydrogens is 457 g/mol. The molecule has 0 aromatic heterocycles. The van der Waals surface area contributed by atoms with Crippen LogP contribution in [0.15, 0.2) is 18.2 Å². The van der Waals surface area contributed by atoms with Crippen LogP contribution in [0.1, 0.15) is 73.9 Å². The topological polar surface area (TPSA) is 61.4 Å². The van der Waals surface area contributed by atoms with E-state index in [0.717, 1.165) is 25.1 Å². The number of hydrogen-bond acceptors (Lipinski definition) is 3. The van der Waals surface area contributed by atoms with Crippen molar-refractivity contribution in [3.8, 4) is 0 Å². The van der Waals surface area contributed by atoms with Gasteiger partial charge in [0.2, 0.25) is 6.41 Å². The molecule has 2 fully saturated rings. The van der Waals surface area contributed by atoms with Crippen LogP contribution in [0.4, 0.5) is 22.0 Å². The van der Waals surface area contributed by atoms with Crippen molar-refractivity contribution in [1.29, 1.82) is 0 Å². The largest absolute Gasteiger partial charge is 0.416 e. The summed E-state index contributed by atoms with van der Waals surface area (Å²) in [5.41, 5.74) is -2.61. The fourth-order valence-corrected chi connectivity index (χ4v) is 4.20. The van der Waals surface area contributed by atoms with Crippen molar-refractivity contribution in [3.63, 3.8) is 0 Å². The summed E-state index contributed by atoms with van der Waals surface area (Å²) in [5, 5.41) is 5.95. The first kappa shape index (κ1) is 28.0. The highest BCUT2D eigenvalue weighted by Crippen LogP contribution is 2.35. The van der Waals surface area contributed by atoms with Crippen molar-refractivity contribution in [1.82, 2.24) is 15.5 Å². The smallest absolute Gasteiger partial charge is 0.352 e. The lowest BCUT2D eigenvalue weighted by Gasteiger charge is -2.29. The zero-order valence-corrected chi connectivity index (χ0v) is 19.7. The summed E-state index contributed by atoms with van der Waals surface area (Å²) in [5.74, 6) is -4.26. The first-order valence-corrected chi connectivity index (χ1v) is 11.8. The van der Waals surface area contributed by atoms with Crippen LogP contribution in [0, 0.1) is 5.92 Å². The quantitative estimate of drug-likeness (QED) is 0.419. The van der Waals surface area contributed by atoms with E-state index in [1.807, 2.05) is 0 Å². The molecule has 2 N–H and O–H groups in total. The van der Waals surface area contributed by atoms with E-state index >= 15 is 0 Å². The Morgan fingerprint density at radius 1 is 1.03 bits per heavy atom. The third kappa shape index (κ3) is 8.85. The van der Waals surface area contributed by atoms with Crippen molar-refractivity contribution >= 4 is 12.3 Å². The summed E-state index contributed by atoms with van der Waals surface area (Å²) in [7, 11) is 0. The number of nitrogens with zero attached hydrogens (tertiary/aromatic N) is 1. The number of piperidine rings is 1. The minimum absolute atomic E-state index is 0.0769. The van der Waals surface area contributed by atoms with Crippen molar-refractivity contribution in [2.75, 3.05) is 26.2 Å². The Labute approximate surface area is 197 Å². The summed E-state index contributed by atoms with van der Waals surface area (Å²) in [6.07, 6.45) is 2.92. The highest BCUT2D eigenvalue weighted by atomic mass is 19.4. The van der Waals surface area contributed by atoms with Gasteiger partial charge in [-0.15, -0.1) is 0 Å². The Hall–Kier alpha value is -2.23. The second kappa shape index (κ2) is 12.5. The summed E-state index contributed by atoms with van der Waals surface area (Å²) < 4.78 is 65.8. The molecule has 192 valence electrons. The van der Waals surface area contributed by atoms with Crippen LogP contribution in [0.2, 0.25) is 0 Å². The van der Waals surface area contributed by atoms with Gasteiger partial charge < -0.3 is 15.5 Å². The van der Waals surface area contributed by atoms with E-state index in [1.165, 1.54) is 25.7 Å². The second-order valence-corrected chi connectivity index (χ2v) is 9.02. The molecule has 0 atom stereocenters. The number of nitrogens with one attached hydrogen (secondary N) is 2. The molecule has 0 unspecified atom stereocenters. The Balaban J connectivity index is 0.000000430. The first-order valence-electron chi connectivity index (χ1n) is 11.8. The monoisotopic (exact) mass is 491 g/mol. The van der Waals surface area contributed by atoms with E-state index in [0.29, 0.717) is 45.0 Å². The SMILES string of the molecule is CC(F)(F)c1cc(C(=O)NCC2CCN(C=O)CC2)cc(C(F)(F)F)c1.CCNC1CCCC1. The van der Waals surface area contributed by atoms with Crippen molar-refractivity contribution < 1.29 is 31.5 Å². The molecule has 3 rings (SSSR count). The van der Waals surface area contributed by atoms with Crippen LogP contribution in [-0.4, -0.2) is 49.4 Å². The van der Waals surface area contributed by atoms with Crippen LogP contribution in [-0.2, 0) is 16.9 Å². The highest BCUT2D eigenvalue weighted by Gasteiger charge is 2.35. The third-order valence-corrected chi connectivity index (χ3v) is 6.23. The molecule has 0 spiro atoms. The molecule has 1 aromatic carbocycles. The Morgan fingerprint density at radius 3 is 2.12 bits per heavy atom. The minimum atomic E-state index is -4.84. The average Bonchev–Trinajstić information content (AvgIpc) is 3.30. The third-order valence-electron chi connectivity index (χ3n) is 6.23. The zero-order chi connectivity index (χ0) is 25.4. The number of carbonyl (C=O) groups excluding carboxylic acids is 2. The van der Waals surface area contributed by atoms with Gasteiger partial charge in [0.15, 0.2) is 0 Å². The van der Waals surface area contributed by atoms with Gasteiger partial charge in [-0.2, -0.15) is 13.2 Å². The lowest BCUT2D eigenvalue weighted by molar-refractivity contribution is -0.137. The summed E-state index contributed by atoms with van der Waals surface area (Å²) >= 11 is 0. The Bertz CT molecular complexity index is 765. The number of halogens is 5. The highest BCUT2D eigenvalue weighted by molar-refractivity contribution is 5.94. The molecule has 34 heavy (non-hydrogen) atoms. The number of carbonyl (C=O) groups is 2. The van der Waals surface area contributed by atoms with Gasteiger partial charge in [0, 0.05) is 43.7 Å². The van der Waals surface area contributed by atoms with Gasteiger partial charge in [0.25, 0.3) is 11.8 Å². The van der Waals surface area contributed by atoms with E-state index < -0.39 is 34.7 Å². The van der Waals surface area contributed by atoms with Crippen LogP contribution >= 0.6 is 0 Å². The van der Waals surface area contributed by atoms with Gasteiger partial charge in [-0.3, -0.25) is 9.59 Å². The first-order chi connectivity index (χ1) is 15.9.